The van der Waals surface area contributed by atoms with Gasteiger partial charge in [-0.15, -0.1) is 11.8 Å². The number of pyridine rings is 1. The lowest BCUT2D eigenvalue weighted by atomic mass is 10.1. The topological polar surface area (TPSA) is 64.1 Å². The van der Waals surface area contributed by atoms with Crippen molar-refractivity contribution in [3.63, 3.8) is 0 Å². The number of thioether (sulfide) groups is 1. The maximum absolute atomic E-state index is 12.1. The van der Waals surface area contributed by atoms with E-state index in [1.807, 2.05) is 36.0 Å². The van der Waals surface area contributed by atoms with E-state index in [4.69, 9.17) is 14.2 Å². The zero-order valence-corrected chi connectivity index (χ0v) is 24.0. The molecule has 2 fully saturated rings. The van der Waals surface area contributed by atoms with Crippen LogP contribution in [0.3, 0.4) is 0 Å². The lowest BCUT2D eigenvalue weighted by Crippen LogP contribution is -2.47. The summed E-state index contributed by atoms with van der Waals surface area (Å²) < 4.78 is 16.9. The molecule has 0 spiro atoms. The largest absolute Gasteiger partial charge is 0.494 e. The standard InChI is InChI=1S/C32H39N3O4S/c36-32(25-6-1-2-7-25)39-23-38-31-13-11-24-10-12-26(22-28(24)33-31)37-20-4-3-15-34-16-18-35(19-17-34)29-8-5-9-30-27(29)14-21-40-30/h5,8-13,22,25H,1-4,6-7,14-21,23H2. The van der Waals surface area contributed by atoms with Gasteiger partial charge in [-0.05, 0) is 74.5 Å². The molecule has 3 heterocycles. The fourth-order valence-corrected chi connectivity index (χ4v) is 7.10. The summed E-state index contributed by atoms with van der Waals surface area (Å²) in [5.41, 5.74) is 3.82. The molecule has 0 unspecified atom stereocenters. The number of hydrogen-bond acceptors (Lipinski definition) is 8. The quantitative estimate of drug-likeness (QED) is 0.162. The minimum Gasteiger partial charge on any atom is -0.494 e. The van der Waals surface area contributed by atoms with Gasteiger partial charge in [0.2, 0.25) is 12.7 Å². The van der Waals surface area contributed by atoms with Crippen LogP contribution in [0.4, 0.5) is 5.69 Å². The van der Waals surface area contributed by atoms with Crippen LogP contribution in [-0.2, 0) is 16.0 Å². The predicted molar refractivity (Wildman–Crippen MR) is 160 cm³/mol. The molecule has 3 aliphatic rings. The highest BCUT2D eigenvalue weighted by Crippen LogP contribution is 2.37. The monoisotopic (exact) mass is 561 g/mol. The van der Waals surface area contributed by atoms with Crippen molar-refractivity contribution in [1.82, 2.24) is 9.88 Å². The van der Waals surface area contributed by atoms with Gasteiger partial charge in [0.1, 0.15) is 5.75 Å². The van der Waals surface area contributed by atoms with Crippen molar-refractivity contribution in [2.75, 3.05) is 56.8 Å². The van der Waals surface area contributed by atoms with E-state index < -0.39 is 0 Å². The number of unbranched alkanes of at least 4 members (excludes halogenated alkanes) is 1. The highest BCUT2D eigenvalue weighted by Gasteiger charge is 2.24. The Kier molecular flexibility index (Phi) is 8.93. The fraction of sp³-hybridized carbons (Fsp3) is 0.500. The Balaban J connectivity index is 0.904. The van der Waals surface area contributed by atoms with E-state index in [2.05, 4.69) is 33.0 Å². The lowest BCUT2D eigenvalue weighted by Gasteiger charge is -2.37. The molecule has 0 bridgehead atoms. The van der Waals surface area contributed by atoms with Gasteiger partial charge in [0.05, 0.1) is 18.0 Å². The van der Waals surface area contributed by atoms with Crippen LogP contribution < -0.4 is 14.4 Å². The highest BCUT2D eigenvalue weighted by atomic mass is 32.2. The van der Waals surface area contributed by atoms with Gasteiger partial charge in [0, 0.05) is 60.0 Å². The summed E-state index contributed by atoms with van der Waals surface area (Å²) in [5, 5.41) is 1.01. The molecule has 7 nitrogen and oxygen atoms in total. The number of carbonyl (C=O) groups excluding carboxylic acids is 1. The van der Waals surface area contributed by atoms with Crippen LogP contribution in [0, 0.1) is 5.92 Å². The van der Waals surface area contributed by atoms with E-state index >= 15 is 0 Å². The van der Waals surface area contributed by atoms with Crippen LogP contribution >= 0.6 is 11.8 Å². The zero-order valence-electron chi connectivity index (χ0n) is 23.2. The van der Waals surface area contributed by atoms with Gasteiger partial charge in [-0.2, -0.15) is 0 Å². The van der Waals surface area contributed by atoms with Crippen molar-refractivity contribution >= 4 is 34.3 Å². The van der Waals surface area contributed by atoms with Crippen LogP contribution in [0.2, 0.25) is 0 Å². The number of hydrogen-bond donors (Lipinski definition) is 0. The Morgan fingerprint density at radius 1 is 0.975 bits per heavy atom. The number of ether oxygens (including phenoxy) is 3. The molecule has 0 N–H and O–H groups in total. The van der Waals surface area contributed by atoms with Gasteiger partial charge in [-0.3, -0.25) is 9.69 Å². The Morgan fingerprint density at radius 3 is 2.70 bits per heavy atom. The summed E-state index contributed by atoms with van der Waals surface area (Å²) in [6, 6.07) is 16.5. The van der Waals surface area contributed by atoms with Gasteiger partial charge in [-0.25, -0.2) is 4.98 Å². The number of carbonyl (C=O) groups is 1. The van der Waals surface area contributed by atoms with E-state index in [1.165, 1.54) is 22.8 Å². The number of rotatable bonds is 11. The number of aromatic nitrogens is 1. The van der Waals surface area contributed by atoms with Crippen LogP contribution in [0.5, 0.6) is 11.6 Å². The smallest absolute Gasteiger partial charge is 0.311 e. The van der Waals surface area contributed by atoms with Gasteiger partial charge in [0.25, 0.3) is 0 Å². The Labute approximate surface area is 241 Å². The number of esters is 1. The molecule has 2 aliphatic heterocycles. The third kappa shape index (κ3) is 6.66. The van der Waals surface area contributed by atoms with Crippen LogP contribution in [0.25, 0.3) is 10.9 Å². The normalized spacial score (nSPS) is 17.8. The molecule has 8 heteroatoms. The summed E-state index contributed by atoms with van der Waals surface area (Å²) in [6.45, 7) is 6.16. The molecule has 212 valence electrons. The first kappa shape index (κ1) is 27.2. The van der Waals surface area contributed by atoms with E-state index in [-0.39, 0.29) is 18.7 Å². The second-order valence-corrected chi connectivity index (χ2v) is 12.1. The molecule has 0 radical (unpaired) electrons. The Hall–Kier alpha value is -2.97. The van der Waals surface area contributed by atoms with Crippen molar-refractivity contribution in [1.29, 1.82) is 0 Å². The van der Waals surface area contributed by atoms with Crippen molar-refractivity contribution < 1.29 is 19.0 Å². The number of anilines is 1. The highest BCUT2D eigenvalue weighted by molar-refractivity contribution is 7.99. The second kappa shape index (κ2) is 13.1. The number of nitrogens with zero attached hydrogens (tertiary/aromatic N) is 3. The maximum atomic E-state index is 12.1. The molecule has 1 saturated heterocycles. The second-order valence-electron chi connectivity index (χ2n) is 10.9. The average molecular weight is 562 g/mol. The molecule has 40 heavy (non-hydrogen) atoms. The zero-order chi connectivity index (χ0) is 27.1. The summed E-state index contributed by atoms with van der Waals surface area (Å²) in [7, 11) is 0. The molecular weight excluding hydrogens is 522 g/mol. The van der Waals surface area contributed by atoms with Gasteiger partial charge < -0.3 is 19.1 Å². The molecular formula is C32H39N3O4S. The number of piperazine rings is 1. The van der Waals surface area contributed by atoms with Crippen LogP contribution in [0.1, 0.15) is 44.1 Å². The molecule has 3 aromatic rings. The summed E-state index contributed by atoms with van der Waals surface area (Å²) >= 11 is 2.00. The third-order valence-electron chi connectivity index (χ3n) is 8.30. The van der Waals surface area contributed by atoms with Crippen LogP contribution in [-0.4, -0.2) is 67.7 Å². The van der Waals surface area contributed by atoms with E-state index in [0.29, 0.717) is 12.5 Å². The van der Waals surface area contributed by atoms with Crippen molar-refractivity contribution in [2.45, 2.75) is 49.8 Å². The molecule has 1 aliphatic carbocycles. The van der Waals surface area contributed by atoms with Gasteiger partial charge in [-0.1, -0.05) is 18.9 Å². The molecule has 6 rings (SSSR count). The van der Waals surface area contributed by atoms with Gasteiger partial charge in [0.15, 0.2) is 0 Å². The summed E-state index contributed by atoms with van der Waals surface area (Å²) in [5.74, 6) is 2.34. The van der Waals surface area contributed by atoms with E-state index in [0.717, 1.165) is 87.9 Å². The SMILES string of the molecule is O=C(OCOc1ccc2ccc(OCCCCN3CCN(c4cccc5c4CCS5)CC3)cc2n1)C1CCCC1. The Bertz CT molecular complexity index is 1300. The Morgan fingerprint density at radius 2 is 1.82 bits per heavy atom. The first-order valence-corrected chi connectivity index (χ1v) is 15.8. The first-order valence-electron chi connectivity index (χ1n) is 14.8. The predicted octanol–water partition coefficient (Wildman–Crippen LogP) is 5.93. The van der Waals surface area contributed by atoms with Crippen molar-refractivity contribution in [3.8, 4) is 11.6 Å². The number of fused-ring (bicyclic) bond motifs is 2. The van der Waals surface area contributed by atoms with Crippen LogP contribution in [0.15, 0.2) is 53.4 Å². The average Bonchev–Trinajstić information content (AvgIpc) is 3.70. The minimum absolute atomic E-state index is 0.0255. The summed E-state index contributed by atoms with van der Waals surface area (Å²) in [4.78, 5) is 23.3. The minimum atomic E-state index is -0.162. The fourth-order valence-electron chi connectivity index (χ4n) is 6.02. The number of benzene rings is 2. The maximum Gasteiger partial charge on any atom is 0.311 e. The first-order chi connectivity index (χ1) is 19.7. The van der Waals surface area contributed by atoms with E-state index in [9.17, 15) is 4.79 Å². The van der Waals surface area contributed by atoms with Crippen molar-refractivity contribution in [3.05, 3.63) is 54.1 Å². The van der Waals surface area contributed by atoms with E-state index in [1.54, 1.807) is 11.6 Å². The molecule has 2 aromatic carbocycles. The van der Waals surface area contributed by atoms with Gasteiger partial charge >= 0.3 is 5.97 Å². The molecule has 0 amide bonds. The molecule has 0 atom stereocenters. The third-order valence-corrected chi connectivity index (χ3v) is 9.40. The molecule has 1 aromatic heterocycles. The molecule has 1 saturated carbocycles. The summed E-state index contributed by atoms with van der Waals surface area (Å²) in [6.07, 6.45) is 7.39. The van der Waals surface area contributed by atoms with Crippen molar-refractivity contribution in [2.24, 2.45) is 5.92 Å². The lowest BCUT2D eigenvalue weighted by molar-refractivity contribution is -0.155.